The monoisotopic (exact) mass is 337 g/mol. The number of ether oxygens (including phenoxy) is 2. The molecule has 0 spiro atoms. The Kier molecular flexibility index (Phi) is 4.85. The molecule has 0 aliphatic carbocycles. The fraction of sp³-hybridized carbons (Fsp3) is 0.600. The van der Waals surface area contributed by atoms with Gasteiger partial charge in [-0.25, -0.2) is 4.57 Å². The number of aliphatic hydroxyl groups excluding tert-OH is 1. The first-order chi connectivity index (χ1) is 10.2. The van der Waals surface area contributed by atoms with Crippen molar-refractivity contribution in [1.82, 2.24) is 9.55 Å². The van der Waals surface area contributed by atoms with Gasteiger partial charge in [0.2, 0.25) is 11.7 Å². The zero-order chi connectivity index (χ0) is 16.5. The highest BCUT2D eigenvalue weighted by Gasteiger charge is 2.37. The lowest BCUT2D eigenvalue weighted by molar-refractivity contribution is -0.0433. The van der Waals surface area contributed by atoms with Crippen LogP contribution in [0.4, 0.5) is 5.95 Å². The van der Waals surface area contributed by atoms with Crippen LogP contribution in [0.3, 0.4) is 0 Å². The fourth-order valence-corrected chi connectivity index (χ4v) is 2.38. The number of hydrogen-bond donors (Lipinski definition) is 4. The molecule has 2 rings (SSSR count). The summed E-state index contributed by atoms with van der Waals surface area (Å²) in [5, 5.41) is 9.86. The van der Waals surface area contributed by atoms with Gasteiger partial charge < -0.3 is 30.1 Å². The number of methoxy groups -OCH3 is 1. The summed E-state index contributed by atoms with van der Waals surface area (Å²) < 4.78 is 26.6. The molecule has 1 saturated heterocycles. The highest BCUT2D eigenvalue weighted by atomic mass is 31.2. The molecule has 1 fully saturated rings. The number of nitrogen functional groups attached to an aromatic ring is 1. The molecule has 1 aromatic heterocycles. The maximum absolute atomic E-state index is 11.5. The van der Waals surface area contributed by atoms with Gasteiger partial charge in [-0.15, -0.1) is 0 Å². The zero-order valence-electron chi connectivity index (χ0n) is 11.5. The number of nitrogens with two attached hydrogens (primary N) is 1. The third-order valence-electron chi connectivity index (χ3n) is 3.09. The van der Waals surface area contributed by atoms with Crippen LogP contribution in [0.2, 0.25) is 0 Å². The van der Waals surface area contributed by atoms with Crippen molar-refractivity contribution >= 4 is 13.8 Å². The lowest BCUT2D eigenvalue weighted by Gasteiger charge is -2.18. The van der Waals surface area contributed by atoms with E-state index in [1.54, 1.807) is 0 Å². The molecule has 0 bridgehead atoms. The summed E-state index contributed by atoms with van der Waals surface area (Å²) in [5.74, 6) is -0.193. The lowest BCUT2D eigenvalue weighted by atomic mass is 10.2. The number of phosphoric acid groups is 1. The van der Waals surface area contributed by atoms with E-state index < -0.39 is 38.4 Å². The average Bonchev–Trinajstić information content (AvgIpc) is 2.77. The van der Waals surface area contributed by atoms with Crippen LogP contribution in [0.5, 0.6) is 5.75 Å². The second-order valence-electron chi connectivity index (χ2n) is 4.60. The highest BCUT2D eigenvalue weighted by molar-refractivity contribution is 7.46. The second kappa shape index (κ2) is 6.32. The van der Waals surface area contributed by atoms with Crippen LogP contribution in [0.25, 0.3) is 0 Å². The van der Waals surface area contributed by atoms with Crippen LogP contribution in [0, 0.1) is 0 Å². The maximum Gasteiger partial charge on any atom is 0.469 e. The molecule has 1 aromatic rings. The molecule has 124 valence electrons. The van der Waals surface area contributed by atoms with E-state index in [0.717, 1.165) is 0 Å². The van der Waals surface area contributed by atoms with Crippen LogP contribution >= 0.6 is 7.82 Å². The Morgan fingerprint density at radius 1 is 1.59 bits per heavy atom. The van der Waals surface area contributed by atoms with Crippen molar-refractivity contribution in [2.45, 2.75) is 24.9 Å². The van der Waals surface area contributed by atoms with E-state index in [1.807, 2.05) is 0 Å². The Labute approximate surface area is 124 Å². The van der Waals surface area contributed by atoms with E-state index in [1.165, 1.54) is 17.9 Å². The van der Waals surface area contributed by atoms with E-state index in [2.05, 4.69) is 9.51 Å². The number of anilines is 1. The topological polar surface area (TPSA) is 166 Å². The Morgan fingerprint density at radius 3 is 2.86 bits per heavy atom. The van der Waals surface area contributed by atoms with Gasteiger partial charge in [0.15, 0.2) is 0 Å². The first kappa shape index (κ1) is 16.9. The van der Waals surface area contributed by atoms with Crippen molar-refractivity contribution < 1.29 is 33.5 Å². The van der Waals surface area contributed by atoms with Gasteiger partial charge in [0.25, 0.3) is 0 Å². The molecule has 0 unspecified atom stereocenters. The van der Waals surface area contributed by atoms with Crippen LogP contribution in [0.15, 0.2) is 11.0 Å². The van der Waals surface area contributed by atoms with Gasteiger partial charge in [-0.1, -0.05) is 0 Å². The first-order valence-electron chi connectivity index (χ1n) is 6.17. The van der Waals surface area contributed by atoms with E-state index >= 15 is 0 Å². The van der Waals surface area contributed by atoms with E-state index in [9.17, 15) is 14.5 Å². The summed E-state index contributed by atoms with van der Waals surface area (Å²) in [6, 6.07) is 0. The summed E-state index contributed by atoms with van der Waals surface area (Å²) in [5.41, 5.74) is 5.00. The summed E-state index contributed by atoms with van der Waals surface area (Å²) in [7, 11) is -3.37. The van der Waals surface area contributed by atoms with Crippen LogP contribution < -0.4 is 16.0 Å². The minimum Gasteiger partial charge on any atom is -0.490 e. The van der Waals surface area contributed by atoms with Crippen LogP contribution in [-0.4, -0.2) is 50.4 Å². The van der Waals surface area contributed by atoms with Crippen molar-refractivity contribution in [2.75, 3.05) is 19.5 Å². The number of aliphatic hydroxyl groups is 1. The van der Waals surface area contributed by atoms with Gasteiger partial charge >= 0.3 is 13.4 Å². The summed E-state index contributed by atoms with van der Waals surface area (Å²) in [6.45, 7) is -0.493. The van der Waals surface area contributed by atoms with Crippen molar-refractivity contribution in [3.05, 3.63) is 16.6 Å². The molecule has 12 heteroatoms. The third-order valence-corrected chi connectivity index (χ3v) is 3.57. The maximum atomic E-state index is 11.5. The molecule has 22 heavy (non-hydrogen) atoms. The fourth-order valence-electron chi connectivity index (χ4n) is 2.04. The molecule has 11 nitrogen and oxygen atoms in total. The normalized spacial score (nSPS) is 25.4. The van der Waals surface area contributed by atoms with Crippen molar-refractivity contribution in [3.8, 4) is 5.75 Å². The zero-order valence-corrected chi connectivity index (χ0v) is 12.4. The first-order valence-corrected chi connectivity index (χ1v) is 7.70. The molecule has 0 amide bonds. The summed E-state index contributed by atoms with van der Waals surface area (Å²) >= 11 is 0. The quantitative estimate of drug-likeness (QED) is 0.469. The second-order valence-corrected chi connectivity index (χ2v) is 5.84. The molecule has 3 atom stereocenters. The van der Waals surface area contributed by atoms with E-state index in [-0.39, 0.29) is 18.1 Å². The van der Waals surface area contributed by atoms with Crippen LogP contribution in [0.1, 0.15) is 12.6 Å². The van der Waals surface area contributed by atoms with Crippen molar-refractivity contribution in [1.29, 1.82) is 0 Å². The predicted octanol–water partition coefficient (Wildman–Crippen LogP) is -1.41. The Balaban J connectivity index is 2.15. The molecule has 0 saturated carbocycles. The highest BCUT2D eigenvalue weighted by Crippen LogP contribution is 2.38. The smallest absolute Gasteiger partial charge is 0.469 e. The molecule has 5 N–H and O–H groups in total. The molecule has 1 aliphatic heterocycles. The SMILES string of the molecule is COc1cn([C@H]2C[C@H](O)[C@@H](COP(=O)(O)O)O2)c(N)nc1=O. The number of hydrogen-bond acceptors (Lipinski definition) is 8. The van der Waals surface area contributed by atoms with E-state index in [0.29, 0.717) is 0 Å². The predicted molar refractivity (Wildman–Crippen MR) is 72.0 cm³/mol. The van der Waals surface area contributed by atoms with Gasteiger partial charge in [0.05, 0.1) is 26.0 Å². The summed E-state index contributed by atoms with van der Waals surface area (Å²) in [6.07, 6.45) is -1.40. The summed E-state index contributed by atoms with van der Waals surface area (Å²) in [4.78, 5) is 32.3. The number of aromatic nitrogens is 2. The van der Waals surface area contributed by atoms with Crippen molar-refractivity contribution in [2.24, 2.45) is 0 Å². The molecular formula is C10H16N3O8P. The van der Waals surface area contributed by atoms with Gasteiger partial charge in [-0.3, -0.25) is 13.9 Å². The third kappa shape index (κ3) is 3.83. The number of phosphoric ester groups is 1. The number of nitrogens with zero attached hydrogens (tertiary/aromatic N) is 2. The minimum absolute atomic E-state index is 0.0535. The molecular weight excluding hydrogens is 321 g/mol. The van der Waals surface area contributed by atoms with Crippen molar-refractivity contribution in [3.63, 3.8) is 0 Å². The molecule has 0 radical (unpaired) electrons. The standard InChI is InChI=1S/C10H16N3O8P/c1-19-6-3-13(10(11)12-9(6)15)8-2-5(14)7(21-8)4-20-22(16,17)18/h3,5,7-8,14H,2,4H2,1H3,(H2,11,12,15)(H2,16,17,18)/t5-,7+,8+/m0/s1. The molecule has 0 aromatic carbocycles. The van der Waals surface area contributed by atoms with Gasteiger partial charge in [0.1, 0.15) is 12.3 Å². The van der Waals surface area contributed by atoms with Crippen LogP contribution in [-0.2, 0) is 13.8 Å². The molecule has 1 aliphatic rings. The van der Waals surface area contributed by atoms with Gasteiger partial charge in [0, 0.05) is 6.42 Å². The minimum atomic E-state index is -4.66. The average molecular weight is 337 g/mol. The Bertz CT molecular complexity index is 644. The van der Waals surface area contributed by atoms with E-state index in [4.69, 9.17) is 25.0 Å². The largest absolute Gasteiger partial charge is 0.490 e. The Hall–Kier alpha value is -1.49. The van der Waals surface area contributed by atoms with Gasteiger partial charge in [-0.05, 0) is 0 Å². The Morgan fingerprint density at radius 2 is 2.27 bits per heavy atom. The molecule has 2 heterocycles. The lowest BCUT2D eigenvalue weighted by Crippen LogP contribution is -2.26. The number of rotatable bonds is 5. The van der Waals surface area contributed by atoms with Gasteiger partial charge in [-0.2, -0.15) is 4.98 Å².